The molecule has 1 heterocycles. The van der Waals surface area contributed by atoms with Crippen molar-refractivity contribution in [2.45, 2.75) is 0 Å². The third-order valence-electron chi connectivity index (χ3n) is 3.19. The van der Waals surface area contributed by atoms with Crippen LogP contribution in [0.4, 0.5) is 5.13 Å². The predicted octanol–water partition coefficient (Wildman–Crippen LogP) is 3.45. The minimum Gasteiger partial charge on any atom is -0.423 e. The van der Waals surface area contributed by atoms with Crippen LogP contribution in [0.25, 0.3) is 10.2 Å². The van der Waals surface area contributed by atoms with Gasteiger partial charge in [0, 0.05) is 20.2 Å². The van der Waals surface area contributed by atoms with Crippen molar-refractivity contribution in [2.75, 3.05) is 19.0 Å². The largest absolute Gasteiger partial charge is 0.423 e. The maximum absolute atomic E-state index is 12.1. The Labute approximate surface area is 137 Å². The van der Waals surface area contributed by atoms with Crippen LogP contribution in [0.5, 0.6) is 5.75 Å². The molecule has 2 aromatic carbocycles. The average Bonchev–Trinajstić information content (AvgIpc) is 2.98. The summed E-state index contributed by atoms with van der Waals surface area (Å²) in [5.41, 5.74) is 1.78. The second kappa shape index (κ2) is 6.07. The molecule has 0 fully saturated rings. The molecule has 0 bridgehead atoms. The molecule has 1 aromatic heterocycles. The van der Waals surface area contributed by atoms with Crippen molar-refractivity contribution < 1.29 is 9.53 Å². The number of carbonyl (C=O) groups excluding carboxylic acids is 1. The number of nitrogens with zero attached hydrogens (tertiary/aromatic N) is 3. The summed E-state index contributed by atoms with van der Waals surface area (Å²) in [6.07, 6.45) is 0. The smallest absolute Gasteiger partial charge is 0.343 e. The molecule has 23 heavy (non-hydrogen) atoms. The van der Waals surface area contributed by atoms with Crippen LogP contribution in [-0.2, 0) is 0 Å². The zero-order valence-electron chi connectivity index (χ0n) is 12.6. The van der Waals surface area contributed by atoms with Crippen LogP contribution in [-0.4, -0.2) is 25.0 Å². The zero-order valence-corrected chi connectivity index (χ0v) is 13.4. The van der Waals surface area contributed by atoms with E-state index in [1.54, 1.807) is 30.3 Å². The van der Waals surface area contributed by atoms with E-state index in [1.165, 1.54) is 11.3 Å². The summed E-state index contributed by atoms with van der Waals surface area (Å²) >= 11 is 1.53. The molecule has 0 amide bonds. The van der Waals surface area contributed by atoms with E-state index in [-0.39, 0.29) is 0 Å². The van der Waals surface area contributed by atoms with Crippen molar-refractivity contribution in [3.05, 3.63) is 53.6 Å². The van der Waals surface area contributed by atoms with E-state index in [9.17, 15) is 4.79 Å². The molecule has 0 spiro atoms. The highest BCUT2D eigenvalue weighted by Gasteiger charge is 2.11. The monoisotopic (exact) mass is 323 g/mol. The van der Waals surface area contributed by atoms with Crippen molar-refractivity contribution in [1.82, 2.24) is 4.98 Å². The summed E-state index contributed by atoms with van der Waals surface area (Å²) in [5.74, 6) is 0.0204. The topological polar surface area (TPSA) is 66.2 Å². The first kappa shape index (κ1) is 15.0. The summed E-state index contributed by atoms with van der Waals surface area (Å²) in [6.45, 7) is 0. The van der Waals surface area contributed by atoms with Crippen molar-refractivity contribution in [2.24, 2.45) is 0 Å². The molecular weight excluding hydrogens is 310 g/mol. The van der Waals surface area contributed by atoms with Gasteiger partial charge in [-0.25, -0.2) is 9.78 Å². The Morgan fingerprint density at radius 3 is 2.61 bits per heavy atom. The number of hydrogen-bond donors (Lipinski definition) is 0. The molecule has 0 aliphatic carbocycles. The van der Waals surface area contributed by atoms with Crippen molar-refractivity contribution in [1.29, 1.82) is 5.26 Å². The number of fused-ring (bicyclic) bond motifs is 1. The number of anilines is 1. The van der Waals surface area contributed by atoms with Gasteiger partial charge in [-0.1, -0.05) is 11.3 Å². The van der Waals surface area contributed by atoms with E-state index in [4.69, 9.17) is 10.00 Å². The molecule has 0 saturated carbocycles. The van der Waals surface area contributed by atoms with Gasteiger partial charge in [0.1, 0.15) is 5.75 Å². The van der Waals surface area contributed by atoms with E-state index in [0.717, 1.165) is 15.3 Å². The van der Waals surface area contributed by atoms with Gasteiger partial charge in [0.2, 0.25) is 0 Å². The highest BCUT2D eigenvalue weighted by molar-refractivity contribution is 7.22. The lowest BCUT2D eigenvalue weighted by atomic mass is 10.1. The number of ether oxygens (including phenoxy) is 1. The Morgan fingerprint density at radius 1 is 1.22 bits per heavy atom. The molecule has 6 heteroatoms. The van der Waals surface area contributed by atoms with Gasteiger partial charge in [-0.15, -0.1) is 0 Å². The number of rotatable bonds is 3. The van der Waals surface area contributed by atoms with Crippen LogP contribution in [0.3, 0.4) is 0 Å². The number of aromatic nitrogens is 1. The number of carbonyl (C=O) groups is 1. The summed E-state index contributed by atoms with van der Waals surface area (Å²) < 4.78 is 6.35. The van der Waals surface area contributed by atoms with Crippen LogP contribution in [0, 0.1) is 11.3 Å². The predicted molar refractivity (Wildman–Crippen MR) is 90.1 cm³/mol. The second-order valence-corrected chi connectivity index (χ2v) is 6.11. The molecule has 114 valence electrons. The van der Waals surface area contributed by atoms with Gasteiger partial charge in [-0.3, -0.25) is 0 Å². The van der Waals surface area contributed by atoms with Crippen LogP contribution in [0.2, 0.25) is 0 Å². The molecule has 0 saturated heterocycles. The van der Waals surface area contributed by atoms with Gasteiger partial charge in [-0.2, -0.15) is 5.26 Å². The Balaban J connectivity index is 1.82. The summed E-state index contributed by atoms with van der Waals surface area (Å²) in [7, 11) is 3.87. The second-order valence-electron chi connectivity index (χ2n) is 5.10. The van der Waals surface area contributed by atoms with Gasteiger partial charge in [0.15, 0.2) is 5.13 Å². The summed E-state index contributed by atoms with van der Waals surface area (Å²) in [5, 5.41) is 9.67. The number of hydrogen-bond acceptors (Lipinski definition) is 6. The summed E-state index contributed by atoms with van der Waals surface area (Å²) in [6, 6.07) is 13.7. The van der Waals surface area contributed by atoms with Crippen molar-refractivity contribution >= 4 is 32.7 Å². The number of esters is 1. The third-order valence-corrected chi connectivity index (χ3v) is 4.38. The zero-order chi connectivity index (χ0) is 16.4. The maximum atomic E-state index is 12.1. The SMILES string of the molecule is CN(C)c1nc2ccc(OC(=O)c3ccc(C#N)cc3)cc2s1. The fraction of sp³-hybridized carbons (Fsp3) is 0.118. The van der Waals surface area contributed by atoms with Crippen molar-refractivity contribution in [3.63, 3.8) is 0 Å². The first-order valence-electron chi connectivity index (χ1n) is 6.87. The van der Waals surface area contributed by atoms with Crippen LogP contribution >= 0.6 is 11.3 Å². The minimum atomic E-state index is -0.453. The quantitative estimate of drug-likeness (QED) is 0.545. The van der Waals surface area contributed by atoms with E-state index < -0.39 is 5.97 Å². The van der Waals surface area contributed by atoms with E-state index in [1.807, 2.05) is 37.2 Å². The van der Waals surface area contributed by atoms with Gasteiger partial charge in [0.05, 0.1) is 27.4 Å². The van der Waals surface area contributed by atoms with Crippen molar-refractivity contribution in [3.8, 4) is 11.8 Å². The number of benzene rings is 2. The lowest BCUT2D eigenvalue weighted by molar-refractivity contribution is 0.0735. The molecule has 0 aliphatic rings. The van der Waals surface area contributed by atoms with E-state index in [2.05, 4.69) is 4.98 Å². The molecule has 0 atom stereocenters. The molecule has 0 aliphatic heterocycles. The molecule has 0 radical (unpaired) electrons. The Kier molecular flexibility index (Phi) is 3.96. The third kappa shape index (κ3) is 3.15. The Hall–Kier alpha value is -2.91. The number of nitriles is 1. The Bertz CT molecular complexity index is 908. The highest BCUT2D eigenvalue weighted by atomic mass is 32.1. The normalized spacial score (nSPS) is 10.3. The first-order valence-corrected chi connectivity index (χ1v) is 7.69. The lowest BCUT2D eigenvalue weighted by Gasteiger charge is -2.04. The standard InChI is InChI=1S/C17H13N3O2S/c1-20(2)17-19-14-8-7-13(9-15(14)23-17)22-16(21)12-5-3-11(10-18)4-6-12/h3-9H,1-2H3. The molecule has 3 aromatic rings. The molecule has 5 nitrogen and oxygen atoms in total. The fourth-order valence-electron chi connectivity index (χ4n) is 1.99. The maximum Gasteiger partial charge on any atom is 0.343 e. The fourth-order valence-corrected chi connectivity index (χ4v) is 2.91. The molecule has 3 rings (SSSR count). The first-order chi connectivity index (χ1) is 11.1. The summed E-state index contributed by atoms with van der Waals surface area (Å²) in [4.78, 5) is 18.6. The molecule has 0 unspecified atom stereocenters. The minimum absolute atomic E-state index is 0.405. The highest BCUT2D eigenvalue weighted by Crippen LogP contribution is 2.30. The van der Waals surface area contributed by atoms with Gasteiger partial charge in [-0.05, 0) is 36.4 Å². The van der Waals surface area contributed by atoms with Gasteiger partial charge in [0.25, 0.3) is 0 Å². The van der Waals surface area contributed by atoms with Crippen LogP contribution in [0.1, 0.15) is 15.9 Å². The van der Waals surface area contributed by atoms with Crippen LogP contribution in [0.15, 0.2) is 42.5 Å². The van der Waals surface area contributed by atoms with E-state index in [0.29, 0.717) is 16.9 Å². The van der Waals surface area contributed by atoms with Gasteiger partial charge >= 0.3 is 5.97 Å². The van der Waals surface area contributed by atoms with Crippen LogP contribution < -0.4 is 9.64 Å². The van der Waals surface area contributed by atoms with E-state index >= 15 is 0 Å². The number of thiazole rings is 1. The lowest BCUT2D eigenvalue weighted by Crippen LogP contribution is -2.08. The Morgan fingerprint density at radius 2 is 1.96 bits per heavy atom. The molecule has 0 N–H and O–H groups in total. The van der Waals surface area contributed by atoms with Gasteiger partial charge < -0.3 is 9.64 Å². The molecular formula is C17H13N3O2S. The average molecular weight is 323 g/mol.